The second-order valence-electron chi connectivity index (χ2n) is 3.13. The Bertz CT molecular complexity index is 310. The molecule has 7 nitrogen and oxygen atoms in total. The molecular formula is C7H15N3O4S. The van der Waals surface area contributed by atoms with E-state index in [1.807, 2.05) is 0 Å². The lowest BCUT2D eigenvalue weighted by Gasteiger charge is -2.12. The summed E-state index contributed by atoms with van der Waals surface area (Å²) in [4.78, 5) is 10.9. The van der Waals surface area contributed by atoms with Crippen LogP contribution in [-0.4, -0.2) is 40.2 Å². The zero-order chi connectivity index (χ0) is 11.3. The van der Waals surface area contributed by atoms with Crippen molar-refractivity contribution in [1.29, 1.82) is 0 Å². The lowest BCUT2D eigenvalue weighted by atomic mass is 10.3. The molecule has 1 heterocycles. The van der Waals surface area contributed by atoms with Crippen LogP contribution in [0, 0.1) is 0 Å². The molecule has 1 rings (SSSR count). The first-order valence-electron chi connectivity index (χ1n) is 4.71. The lowest BCUT2D eigenvalue weighted by Crippen LogP contribution is -2.45. The van der Waals surface area contributed by atoms with Crippen LogP contribution in [0.15, 0.2) is 0 Å². The van der Waals surface area contributed by atoms with Gasteiger partial charge in [-0.2, -0.15) is 13.1 Å². The maximum Gasteiger partial charge on any atom is 0.421 e. The van der Waals surface area contributed by atoms with Gasteiger partial charge in [0.1, 0.15) is 0 Å². The molecule has 1 amide bonds. The van der Waals surface area contributed by atoms with Gasteiger partial charge in [-0.25, -0.2) is 9.52 Å². The number of amides is 1. The van der Waals surface area contributed by atoms with Gasteiger partial charge in [-0.1, -0.05) is 0 Å². The Kier molecular flexibility index (Phi) is 4.30. The van der Waals surface area contributed by atoms with Crippen molar-refractivity contribution in [3.8, 4) is 0 Å². The molecule has 0 aromatic rings. The molecule has 1 aliphatic rings. The van der Waals surface area contributed by atoms with E-state index in [9.17, 15) is 13.2 Å². The van der Waals surface area contributed by atoms with E-state index >= 15 is 0 Å². The molecule has 15 heavy (non-hydrogen) atoms. The van der Waals surface area contributed by atoms with E-state index in [0.717, 1.165) is 6.54 Å². The van der Waals surface area contributed by atoms with Gasteiger partial charge in [0.2, 0.25) is 0 Å². The summed E-state index contributed by atoms with van der Waals surface area (Å²) in [7, 11) is -3.80. The highest BCUT2D eigenvalue weighted by atomic mass is 32.2. The highest BCUT2D eigenvalue weighted by Crippen LogP contribution is 1.98. The molecule has 0 saturated carbocycles. The molecule has 1 unspecified atom stereocenters. The monoisotopic (exact) mass is 237 g/mol. The second kappa shape index (κ2) is 5.29. The van der Waals surface area contributed by atoms with Crippen LogP contribution in [0.5, 0.6) is 0 Å². The number of hydrogen-bond donors (Lipinski definition) is 3. The van der Waals surface area contributed by atoms with Gasteiger partial charge in [-0.15, -0.1) is 0 Å². The van der Waals surface area contributed by atoms with Crippen molar-refractivity contribution in [3.63, 3.8) is 0 Å². The number of carbonyl (C=O) groups is 1. The molecule has 8 heteroatoms. The first kappa shape index (κ1) is 12.2. The Balaban J connectivity index is 2.40. The van der Waals surface area contributed by atoms with Gasteiger partial charge in [0, 0.05) is 12.6 Å². The molecular weight excluding hydrogens is 222 g/mol. The summed E-state index contributed by atoms with van der Waals surface area (Å²) in [6, 6.07) is -0.170. The van der Waals surface area contributed by atoms with Gasteiger partial charge in [0.05, 0.1) is 6.61 Å². The molecule has 1 aliphatic heterocycles. The van der Waals surface area contributed by atoms with Crippen LogP contribution in [-0.2, 0) is 14.9 Å². The highest BCUT2D eigenvalue weighted by molar-refractivity contribution is 7.88. The molecule has 0 radical (unpaired) electrons. The third-order valence-corrected chi connectivity index (χ3v) is 2.95. The minimum absolute atomic E-state index is 0.131. The number of nitrogens with one attached hydrogen (secondary N) is 3. The Morgan fingerprint density at radius 1 is 1.60 bits per heavy atom. The molecule has 0 aromatic heterocycles. The molecule has 1 fully saturated rings. The Morgan fingerprint density at radius 2 is 2.33 bits per heavy atom. The molecule has 1 saturated heterocycles. The van der Waals surface area contributed by atoms with Crippen molar-refractivity contribution >= 4 is 16.3 Å². The van der Waals surface area contributed by atoms with Gasteiger partial charge in [0.15, 0.2) is 0 Å². The van der Waals surface area contributed by atoms with Gasteiger partial charge in [-0.3, -0.25) is 0 Å². The SMILES string of the molecule is CCOC(=O)NS(=O)(=O)NC1CCNC1. The maximum atomic E-state index is 11.3. The fraction of sp³-hybridized carbons (Fsp3) is 0.857. The first-order chi connectivity index (χ1) is 7.03. The summed E-state index contributed by atoms with van der Waals surface area (Å²) < 4.78 is 31.2. The summed E-state index contributed by atoms with van der Waals surface area (Å²) in [6.07, 6.45) is -0.250. The van der Waals surface area contributed by atoms with E-state index in [1.54, 1.807) is 11.6 Å². The molecule has 3 N–H and O–H groups in total. The van der Waals surface area contributed by atoms with Gasteiger partial charge >= 0.3 is 16.3 Å². The predicted molar refractivity (Wildman–Crippen MR) is 53.5 cm³/mol. The van der Waals surface area contributed by atoms with Crippen LogP contribution in [0.25, 0.3) is 0 Å². The summed E-state index contributed by atoms with van der Waals surface area (Å²) in [5.74, 6) is 0. The second-order valence-corrected chi connectivity index (χ2v) is 4.58. The first-order valence-corrected chi connectivity index (χ1v) is 6.19. The van der Waals surface area contributed by atoms with E-state index in [1.165, 1.54) is 0 Å². The topological polar surface area (TPSA) is 96.5 Å². The van der Waals surface area contributed by atoms with Crippen LogP contribution >= 0.6 is 0 Å². The van der Waals surface area contributed by atoms with Gasteiger partial charge in [0.25, 0.3) is 0 Å². The number of hydrogen-bond acceptors (Lipinski definition) is 5. The average Bonchev–Trinajstić information content (AvgIpc) is 2.54. The van der Waals surface area contributed by atoms with Crippen LogP contribution in [0.2, 0.25) is 0 Å². The van der Waals surface area contributed by atoms with Crippen LogP contribution < -0.4 is 14.8 Å². The molecule has 0 spiro atoms. The Hall–Kier alpha value is -0.860. The van der Waals surface area contributed by atoms with Crippen molar-refractivity contribution in [1.82, 2.24) is 14.8 Å². The molecule has 1 atom stereocenters. The molecule has 88 valence electrons. The van der Waals surface area contributed by atoms with Gasteiger partial charge < -0.3 is 10.1 Å². The third-order valence-electron chi connectivity index (χ3n) is 1.88. The standard InChI is InChI=1S/C7H15N3O4S/c1-2-14-7(11)10-15(12,13)9-6-3-4-8-5-6/h6,8-9H,2-5H2,1H3,(H,10,11). The van der Waals surface area contributed by atoms with E-state index in [4.69, 9.17) is 0 Å². The zero-order valence-electron chi connectivity index (χ0n) is 8.45. The number of ether oxygens (including phenoxy) is 1. The largest absolute Gasteiger partial charge is 0.449 e. The minimum Gasteiger partial charge on any atom is -0.449 e. The van der Waals surface area contributed by atoms with Crippen molar-refractivity contribution in [2.24, 2.45) is 0 Å². The van der Waals surface area contributed by atoms with E-state index < -0.39 is 16.3 Å². The molecule has 0 aliphatic carbocycles. The summed E-state index contributed by atoms with van der Waals surface area (Å²) in [6.45, 7) is 3.07. The van der Waals surface area contributed by atoms with Crippen molar-refractivity contribution < 1.29 is 17.9 Å². The quantitative estimate of drug-likeness (QED) is 0.578. The van der Waals surface area contributed by atoms with E-state index in [2.05, 4.69) is 14.8 Å². The Morgan fingerprint density at radius 3 is 2.87 bits per heavy atom. The highest BCUT2D eigenvalue weighted by Gasteiger charge is 2.22. The lowest BCUT2D eigenvalue weighted by molar-refractivity contribution is 0.158. The third kappa shape index (κ3) is 4.45. The van der Waals surface area contributed by atoms with Gasteiger partial charge in [-0.05, 0) is 19.9 Å². The van der Waals surface area contributed by atoms with Crippen molar-refractivity contribution in [2.45, 2.75) is 19.4 Å². The smallest absolute Gasteiger partial charge is 0.421 e. The predicted octanol–water partition coefficient (Wildman–Crippen LogP) is -1.07. The van der Waals surface area contributed by atoms with Crippen LogP contribution in [0.3, 0.4) is 0 Å². The summed E-state index contributed by atoms with van der Waals surface area (Å²) in [5.41, 5.74) is 0. The normalized spacial score (nSPS) is 21.3. The van der Waals surface area contributed by atoms with E-state index in [-0.39, 0.29) is 12.6 Å². The summed E-state index contributed by atoms with van der Waals surface area (Å²) >= 11 is 0. The Labute approximate surface area is 88.7 Å². The summed E-state index contributed by atoms with van der Waals surface area (Å²) in [5, 5.41) is 3.00. The van der Waals surface area contributed by atoms with Crippen LogP contribution in [0.1, 0.15) is 13.3 Å². The maximum absolute atomic E-state index is 11.3. The minimum atomic E-state index is -3.80. The van der Waals surface area contributed by atoms with Crippen molar-refractivity contribution in [2.75, 3.05) is 19.7 Å². The van der Waals surface area contributed by atoms with E-state index in [0.29, 0.717) is 13.0 Å². The van der Waals surface area contributed by atoms with Crippen molar-refractivity contribution in [3.05, 3.63) is 0 Å². The average molecular weight is 237 g/mol. The fourth-order valence-corrected chi connectivity index (χ4v) is 2.25. The number of rotatable bonds is 4. The molecule has 0 bridgehead atoms. The zero-order valence-corrected chi connectivity index (χ0v) is 9.26. The molecule has 0 aromatic carbocycles. The fourth-order valence-electron chi connectivity index (χ4n) is 1.27. The number of carbonyl (C=O) groups excluding carboxylic acids is 1. The van der Waals surface area contributed by atoms with Crippen LogP contribution in [0.4, 0.5) is 4.79 Å².